The van der Waals surface area contributed by atoms with Gasteiger partial charge in [-0.15, -0.1) is 0 Å². The van der Waals surface area contributed by atoms with Gasteiger partial charge in [-0.2, -0.15) is 5.26 Å². The van der Waals surface area contributed by atoms with Gasteiger partial charge >= 0.3 is 0 Å². The Bertz CT molecular complexity index is 649. The summed E-state index contributed by atoms with van der Waals surface area (Å²) in [6, 6.07) is 9.20. The second-order valence-corrected chi connectivity index (χ2v) is 4.73. The molecule has 0 unspecified atom stereocenters. The number of rotatable bonds is 3. The molecule has 0 saturated heterocycles. The van der Waals surface area contributed by atoms with Gasteiger partial charge in [-0.3, -0.25) is 0 Å². The maximum Gasteiger partial charge on any atom is 0.225 e. The summed E-state index contributed by atoms with van der Waals surface area (Å²) in [5, 5.41) is 18.7. The predicted molar refractivity (Wildman–Crippen MR) is 75.6 cm³/mol. The molecule has 102 valence electrons. The molecule has 0 amide bonds. The summed E-state index contributed by atoms with van der Waals surface area (Å²) in [6.07, 6.45) is 0.966. The van der Waals surface area contributed by atoms with Gasteiger partial charge in [0.25, 0.3) is 0 Å². The Kier molecular flexibility index (Phi) is 4.02. The molecular formula is C16H16N2O2. The number of aromatic nitrogens is 1. The average molecular weight is 268 g/mol. The van der Waals surface area contributed by atoms with Gasteiger partial charge in [0, 0.05) is 11.8 Å². The van der Waals surface area contributed by atoms with Crippen molar-refractivity contribution in [1.82, 2.24) is 4.98 Å². The van der Waals surface area contributed by atoms with Crippen LogP contribution in [0, 0.1) is 25.2 Å². The summed E-state index contributed by atoms with van der Waals surface area (Å²) in [7, 11) is 0. The zero-order valence-corrected chi connectivity index (χ0v) is 11.7. The largest absolute Gasteiger partial charge is 0.438 e. The number of aliphatic hydroxyl groups is 1. The highest BCUT2D eigenvalue weighted by Gasteiger charge is 2.14. The van der Waals surface area contributed by atoms with Crippen LogP contribution in [0.2, 0.25) is 0 Å². The summed E-state index contributed by atoms with van der Waals surface area (Å²) in [4.78, 5) is 4.17. The highest BCUT2D eigenvalue weighted by Crippen LogP contribution is 2.32. The van der Waals surface area contributed by atoms with Crippen molar-refractivity contribution in [3.63, 3.8) is 0 Å². The Morgan fingerprint density at radius 1 is 1.30 bits per heavy atom. The average Bonchev–Trinajstić information content (AvgIpc) is 2.42. The first-order valence-electron chi connectivity index (χ1n) is 6.35. The first kappa shape index (κ1) is 14.0. The van der Waals surface area contributed by atoms with E-state index < -0.39 is 6.10 Å². The van der Waals surface area contributed by atoms with Crippen molar-refractivity contribution in [3.8, 4) is 17.7 Å². The smallest absolute Gasteiger partial charge is 0.225 e. The van der Waals surface area contributed by atoms with Crippen molar-refractivity contribution >= 4 is 0 Å². The van der Waals surface area contributed by atoms with Crippen LogP contribution in [0.1, 0.15) is 35.3 Å². The van der Waals surface area contributed by atoms with Crippen molar-refractivity contribution in [2.24, 2.45) is 0 Å². The van der Waals surface area contributed by atoms with Crippen molar-refractivity contribution in [1.29, 1.82) is 5.26 Å². The first-order valence-corrected chi connectivity index (χ1v) is 6.35. The van der Waals surface area contributed by atoms with E-state index >= 15 is 0 Å². The van der Waals surface area contributed by atoms with Crippen LogP contribution in [0.25, 0.3) is 0 Å². The maximum atomic E-state index is 9.74. The molecule has 1 aromatic carbocycles. The van der Waals surface area contributed by atoms with Gasteiger partial charge in [0.05, 0.1) is 17.7 Å². The Morgan fingerprint density at radius 3 is 2.50 bits per heavy atom. The number of nitriles is 1. The van der Waals surface area contributed by atoms with E-state index in [1.54, 1.807) is 37.4 Å². The third-order valence-corrected chi connectivity index (χ3v) is 3.04. The van der Waals surface area contributed by atoms with Crippen LogP contribution in [0.5, 0.6) is 11.6 Å². The van der Waals surface area contributed by atoms with Crippen LogP contribution in [-0.4, -0.2) is 10.1 Å². The normalized spacial score (nSPS) is 11.8. The van der Waals surface area contributed by atoms with Crippen LogP contribution < -0.4 is 4.74 Å². The number of ether oxygens (including phenoxy) is 1. The molecule has 20 heavy (non-hydrogen) atoms. The Balaban J connectivity index is 2.44. The highest BCUT2D eigenvalue weighted by molar-refractivity contribution is 5.49. The third kappa shape index (κ3) is 2.79. The molecule has 4 heteroatoms. The zero-order chi connectivity index (χ0) is 14.7. The first-order chi connectivity index (χ1) is 9.52. The van der Waals surface area contributed by atoms with Crippen molar-refractivity contribution < 1.29 is 9.84 Å². The molecule has 1 N–H and O–H groups in total. The van der Waals surface area contributed by atoms with Gasteiger partial charge in [0.15, 0.2) is 0 Å². The topological polar surface area (TPSA) is 66.1 Å². The number of pyridine rings is 1. The molecule has 0 fully saturated rings. The van der Waals surface area contributed by atoms with E-state index in [2.05, 4.69) is 11.1 Å². The minimum absolute atomic E-state index is 0.387. The monoisotopic (exact) mass is 268 g/mol. The quantitative estimate of drug-likeness (QED) is 0.926. The van der Waals surface area contributed by atoms with Crippen LogP contribution in [0.4, 0.5) is 0 Å². The summed E-state index contributed by atoms with van der Waals surface area (Å²) in [5.41, 5.74) is 2.97. The fourth-order valence-corrected chi connectivity index (χ4v) is 2.08. The summed E-state index contributed by atoms with van der Waals surface area (Å²) >= 11 is 0. The van der Waals surface area contributed by atoms with Gasteiger partial charge in [0.1, 0.15) is 5.75 Å². The number of hydrogen-bond donors (Lipinski definition) is 1. The number of aliphatic hydroxyl groups excluding tert-OH is 1. The molecule has 2 rings (SSSR count). The maximum absolute atomic E-state index is 9.74. The summed E-state index contributed by atoms with van der Waals surface area (Å²) in [5.74, 6) is 1.06. The van der Waals surface area contributed by atoms with Crippen LogP contribution in [0.15, 0.2) is 30.5 Å². The van der Waals surface area contributed by atoms with Crippen LogP contribution in [0.3, 0.4) is 0 Å². The van der Waals surface area contributed by atoms with Gasteiger partial charge < -0.3 is 9.84 Å². The van der Waals surface area contributed by atoms with E-state index in [4.69, 9.17) is 10.00 Å². The number of benzene rings is 1. The molecule has 0 aliphatic rings. The molecule has 0 aliphatic heterocycles. The zero-order valence-electron chi connectivity index (χ0n) is 11.7. The SMILES string of the molecule is Cc1cc(C#N)cc(C)c1Oc1ncccc1[C@H](C)O. The van der Waals surface area contributed by atoms with E-state index in [9.17, 15) is 5.11 Å². The standard InChI is InChI=1S/C16H16N2O2/c1-10-7-13(9-17)8-11(2)15(10)20-16-14(12(3)19)5-4-6-18-16/h4-8,12,19H,1-3H3/t12-/m0/s1. The minimum atomic E-state index is -0.655. The second kappa shape index (κ2) is 5.72. The highest BCUT2D eigenvalue weighted by atomic mass is 16.5. The molecule has 0 spiro atoms. The van der Waals surface area contributed by atoms with Crippen molar-refractivity contribution in [2.75, 3.05) is 0 Å². The lowest BCUT2D eigenvalue weighted by Gasteiger charge is -2.15. The summed E-state index contributed by atoms with van der Waals surface area (Å²) < 4.78 is 5.85. The Labute approximate surface area is 118 Å². The minimum Gasteiger partial charge on any atom is -0.438 e. The van der Waals surface area contributed by atoms with E-state index in [-0.39, 0.29) is 0 Å². The fraction of sp³-hybridized carbons (Fsp3) is 0.250. The number of aryl methyl sites for hydroxylation is 2. The molecule has 0 radical (unpaired) electrons. The summed E-state index contributed by atoms with van der Waals surface area (Å²) in [6.45, 7) is 5.44. The Hall–Kier alpha value is -2.38. The molecule has 4 nitrogen and oxygen atoms in total. The van der Waals surface area contributed by atoms with Crippen LogP contribution in [-0.2, 0) is 0 Å². The molecule has 0 bridgehead atoms. The third-order valence-electron chi connectivity index (χ3n) is 3.04. The molecule has 0 saturated carbocycles. The van der Waals surface area contributed by atoms with E-state index in [0.717, 1.165) is 11.1 Å². The Morgan fingerprint density at radius 2 is 1.95 bits per heavy atom. The lowest BCUT2D eigenvalue weighted by Crippen LogP contribution is -2.00. The lowest BCUT2D eigenvalue weighted by atomic mass is 10.1. The van der Waals surface area contributed by atoms with Gasteiger partial charge in [-0.05, 0) is 56.2 Å². The molecular weight excluding hydrogens is 252 g/mol. The van der Waals surface area contributed by atoms with E-state index in [1.165, 1.54) is 0 Å². The van der Waals surface area contributed by atoms with Gasteiger partial charge in [-0.1, -0.05) is 0 Å². The molecule has 1 atom stereocenters. The predicted octanol–water partition coefficient (Wildman–Crippen LogP) is 3.42. The van der Waals surface area contributed by atoms with E-state index in [1.807, 2.05) is 13.8 Å². The van der Waals surface area contributed by atoms with Gasteiger partial charge in [0.2, 0.25) is 5.88 Å². The molecule has 1 heterocycles. The number of hydrogen-bond acceptors (Lipinski definition) is 4. The molecule has 0 aliphatic carbocycles. The van der Waals surface area contributed by atoms with Gasteiger partial charge in [-0.25, -0.2) is 4.98 Å². The van der Waals surface area contributed by atoms with Crippen LogP contribution >= 0.6 is 0 Å². The molecule has 1 aromatic heterocycles. The van der Waals surface area contributed by atoms with E-state index in [0.29, 0.717) is 22.8 Å². The molecule has 2 aromatic rings. The second-order valence-electron chi connectivity index (χ2n) is 4.73. The number of nitrogens with zero attached hydrogens (tertiary/aromatic N) is 2. The van der Waals surface area contributed by atoms with Crippen molar-refractivity contribution in [2.45, 2.75) is 26.9 Å². The fourth-order valence-electron chi connectivity index (χ4n) is 2.08. The lowest BCUT2D eigenvalue weighted by molar-refractivity contribution is 0.194. The van der Waals surface area contributed by atoms with Crippen molar-refractivity contribution in [3.05, 3.63) is 52.7 Å².